The topological polar surface area (TPSA) is 75.7 Å². The van der Waals surface area contributed by atoms with Crippen LogP contribution in [0, 0.1) is 0 Å². The Labute approximate surface area is 120 Å². The van der Waals surface area contributed by atoms with E-state index in [-0.39, 0.29) is 23.5 Å². The maximum atomic E-state index is 12.1. The van der Waals surface area contributed by atoms with Crippen molar-refractivity contribution in [2.45, 2.75) is 37.8 Å². The first kappa shape index (κ1) is 15.7. The molecular formula is C13H24N2O4S. The zero-order valence-electron chi connectivity index (χ0n) is 12.2. The third-order valence-electron chi connectivity index (χ3n) is 4.48. The zero-order valence-corrected chi connectivity index (χ0v) is 13.0. The Morgan fingerprint density at radius 1 is 1.40 bits per heavy atom. The SMILES string of the molecule is CCNC1(C(=O)OC)CCC(N2CCS(=O)(=O)CC2)C1. The van der Waals surface area contributed by atoms with Gasteiger partial charge < -0.3 is 10.1 Å². The molecule has 1 heterocycles. The van der Waals surface area contributed by atoms with E-state index in [0.29, 0.717) is 19.5 Å². The number of methoxy groups -OCH3 is 1. The largest absolute Gasteiger partial charge is 0.468 e. The van der Waals surface area contributed by atoms with Crippen LogP contribution in [0.4, 0.5) is 0 Å². The fourth-order valence-corrected chi connectivity index (χ4v) is 4.60. The van der Waals surface area contributed by atoms with E-state index in [9.17, 15) is 13.2 Å². The zero-order chi connectivity index (χ0) is 14.8. The summed E-state index contributed by atoms with van der Waals surface area (Å²) < 4.78 is 27.9. The lowest BCUT2D eigenvalue weighted by Crippen LogP contribution is -2.53. The van der Waals surface area contributed by atoms with E-state index in [1.165, 1.54) is 7.11 Å². The van der Waals surface area contributed by atoms with Crippen LogP contribution in [-0.4, -0.2) is 69.1 Å². The molecule has 7 heteroatoms. The molecule has 6 nitrogen and oxygen atoms in total. The summed E-state index contributed by atoms with van der Waals surface area (Å²) in [5.74, 6) is 0.262. The highest BCUT2D eigenvalue weighted by Gasteiger charge is 2.47. The molecule has 2 unspecified atom stereocenters. The molecule has 20 heavy (non-hydrogen) atoms. The summed E-state index contributed by atoms with van der Waals surface area (Å²) in [6, 6.07) is 0.267. The Hall–Kier alpha value is -0.660. The summed E-state index contributed by atoms with van der Waals surface area (Å²) in [7, 11) is -1.44. The predicted molar refractivity (Wildman–Crippen MR) is 76.3 cm³/mol. The molecule has 1 aliphatic carbocycles. The minimum Gasteiger partial charge on any atom is -0.468 e. The first-order valence-corrected chi connectivity index (χ1v) is 9.02. The van der Waals surface area contributed by atoms with E-state index in [1.54, 1.807) is 0 Å². The number of hydrogen-bond donors (Lipinski definition) is 1. The van der Waals surface area contributed by atoms with Crippen LogP contribution in [-0.2, 0) is 19.4 Å². The summed E-state index contributed by atoms with van der Waals surface area (Å²) in [4.78, 5) is 14.3. The summed E-state index contributed by atoms with van der Waals surface area (Å²) in [5, 5.41) is 3.27. The number of nitrogens with zero attached hydrogens (tertiary/aromatic N) is 1. The first-order chi connectivity index (χ1) is 9.42. The molecule has 2 rings (SSSR count). The number of carbonyl (C=O) groups is 1. The van der Waals surface area contributed by atoms with Gasteiger partial charge in [0.1, 0.15) is 5.54 Å². The van der Waals surface area contributed by atoms with Crippen molar-refractivity contribution in [1.29, 1.82) is 0 Å². The minimum atomic E-state index is -2.85. The Bertz CT molecular complexity index is 451. The Morgan fingerprint density at radius 3 is 2.60 bits per heavy atom. The molecule has 0 spiro atoms. The van der Waals surface area contributed by atoms with Crippen LogP contribution in [0.1, 0.15) is 26.2 Å². The van der Waals surface area contributed by atoms with Crippen molar-refractivity contribution in [2.24, 2.45) is 0 Å². The van der Waals surface area contributed by atoms with Gasteiger partial charge in [-0.05, 0) is 25.8 Å². The maximum absolute atomic E-state index is 12.1. The molecule has 0 aromatic rings. The second kappa shape index (κ2) is 5.99. The van der Waals surface area contributed by atoms with Gasteiger partial charge in [0.15, 0.2) is 9.84 Å². The fourth-order valence-electron chi connectivity index (χ4n) is 3.37. The monoisotopic (exact) mass is 304 g/mol. The number of rotatable bonds is 4. The highest BCUT2D eigenvalue weighted by atomic mass is 32.2. The normalized spacial score (nSPS) is 34.0. The third kappa shape index (κ3) is 3.15. The lowest BCUT2D eigenvalue weighted by molar-refractivity contribution is -0.148. The van der Waals surface area contributed by atoms with E-state index < -0.39 is 15.4 Å². The van der Waals surface area contributed by atoms with Gasteiger partial charge in [-0.3, -0.25) is 9.69 Å². The summed E-state index contributed by atoms with van der Waals surface area (Å²) in [6.07, 6.45) is 2.36. The fraction of sp³-hybridized carbons (Fsp3) is 0.923. The highest BCUT2D eigenvalue weighted by Crippen LogP contribution is 2.34. The molecule has 2 aliphatic rings. The van der Waals surface area contributed by atoms with Crippen molar-refractivity contribution in [2.75, 3.05) is 38.2 Å². The molecule has 2 atom stereocenters. The lowest BCUT2D eigenvalue weighted by atomic mass is 9.97. The van der Waals surface area contributed by atoms with Gasteiger partial charge in [0.05, 0.1) is 18.6 Å². The van der Waals surface area contributed by atoms with Gasteiger partial charge >= 0.3 is 5.97 Å². The third-order valence-corrected chi connectivity index (χ3v) is 6.08. The van der Waals surface area contributed by atoms with E-state index in [4.69, 9.17) is 4.74 Å². The lowest BCUT2D eigenvalue weighted by Gasteiger charge is -2.33. The minimum absolute atomic E-state index is 0.202. The van der Waals surface area contributed by atoms with Gasteiger partial charge in [0.2, 0.25) is 0 Å². The molecule has 116 valence electrons. The van der Waals surface area contributed by atoms with Crippen LogP contribution in [0.25, 0.3) is 0 Å². The molecule has 0 radical (unpaired) electrons. The van der Waals surface area contributed by atoms with E-state index >= 15 is 0 Å². The van der Waals surface area contributed by atoms with Crippen molar-refractivity contribution in [3.05, 3.63) is 0 Å². The number of carbonyl (C=O) groups excluding carboxylic acids is 1. The van der Waals surface area contributed by atoms with Crippen LogP contribution in [0.15, 0.2) is 0 Å². The number of ether oxygens (including phenoxy) is 1. The van der Waals surface area contributed by atoms with Gasteiger partial charge in [-0.25, -0.2) is 8.42 Å². The molecule has 1 saturated carbocycles. The molecule has 0 bridgehead atoms. The van der Waals surface area contributed by atoms with Crippen molar-refractivity contribution in [3.8, 4) is 0 Å². The van der Waals surface area contributed by atoms with Gasteiger partial charge in [-0.1, -0.05) is 6.92 Å². The van der Waals surface area contributed by atoms with Crippen molar-refractivity contribution in [3.63, 3.8) is 0 Å². The van der Waals surface area contributed by atoms with Gasteiger partial charge in [-0.15, -0.1) is 0 Å². The van der Waals surface area contributed by atoms with Gasteiger partial charge in [0.25, 0.3) is 0 Å². The average Bonchev–Trinajstić information content (AvgIpc) is 2.83. The summed E-state index contributed by atoms with van der Waals surface area (Å²) >= 11 is 0. The molecule has 2 fully saturated rings. The Kier molecular flexibility index (Phi) is 4.71. The Morgan fingerprint density at radius 2 is 2.05 bits per heavy atom. The molecular weight excluding hydrogens is 280 g/mol. The quantitative estimate of drug-likeness (QED) is 0.724. The highest BCUT2D eigenvalue weighted by molar-refractivity contribution is 7.91. The summed E-state index contributed by atoms with van der Waals surface area (Å²) in [5.41, 5.74) is -0.593. The number of esters is 1. The van der Waals surface area contributed by atoms with Crippen molar-refractivity contribution in [1.82, 2.24) is 10.2 Å². The molecule has 0 amide bonds. The number of hydrogen-bond acceptors (Lipinski definition) is 6. The average molecular weight is 304 g/mol. The van der Waals surface area contributed by atoms with Crippen LogP contribution < -0.4 is 5.32 Å². The molecule has 0 aromatic carbocycles. The van der Waals surface area contributed by atoms with Gasteiger partial charge in [0, 0.05) is 19.1 Å². The van der Waals surface area contributed by atoms with E-state index in [2.05, 4.69) is 10.2 Å². The molecule has 1 aliphatic heterocycles. The van der Waals surface area contributed by atoms with Crippen LogP contribution in [0.5, 0.6) is 0 Å². The van der Waals surface area contributed by atoms with E-state index in [0.717, 1.165) is 19.4 Å². The number of sulfone groups is 1. The van der Waals surface area contributed by atoms with Crippen molar-refractivity contribution < 1.29 is 17.9 Å². The Balaban J connectivity index is 2.02. The van der Waals surface area contributed by atoms with Crippen LogP contribution >= 0.6 is 0 Å². The maximum Gasteiger partial charge on any atom is 0.326 e. The molecule has 1 N–H and O–H groups in total. The second-order valence-corrected chi connectivity index (χ2v) is 7.99. The van der Waals surface area contributed by atoms with Gasteiger partial charge in [-0.2, -0.15) is 0 Å². The number of likely N-dealkylation sites (N-methyl/N-ethyl adjacent to an activating group) is 1. The predicted octanol–water partition coefficient (Wildman–Crippen LogP) is -0.209. The smallest absolute Gasteiger partial charge is 0.326 e. The first-order valence-electron chi connectivity index (χ1n) is 7.20. The molecule has 1 saturated heterocycles. The van der Waals surface area contributed by atoms with Crippen LogP contribution in [0.2, 0.25) is 0 Å². The van der Waals surface area contributed by atoms with E-state index in [1.807, 2.05) is 6.92 Å². The van der Waals surface area contributed by atoms with Crippen molar-refractivity contribution >= 4 is 15.8 Å². The standard InChI is InChI=1S/C13H24N2O4S/c1-3-14-13(12(16)19-2)5-4-11(10-13)15-6-8-20(17,18)9-7-15/h11,14H,3-10H2,1-2H3. The molecule has 0 aromatic heterocycles. The van der Waals surface area contributed by atoms with Crippen LogP contribution in [0.3, 0.4) is 0 Å². The second-order valence-electron chi connectivity index (χ2n) is 5.69. The summed E-state index contributed by atoms with van der Waals surface area (Å²) in [6.45, 7) is 3.86. The number of nitrogens with one attached hydrogen (secondary N) is 1.